The molecule has 0 atom stereocenters. The van der Waals surface area contributed by atoms with Gasteiger partial charge in [-0.3, -0.25) is 9.78 Å². The van der Waals surface area contributed by atoms with Gasteiger partial charge in [0.1, 0.15) is 11.6 Å². The van der Waals surface area contributed by atoms with Gasteiger partial charge in [-0.25, -0.2) is 4.39 Å². The van der Waals surface area contributed by atoms with Crippen molar-refractivity contribution in [2.75, 3.05) is 7.11 Å². The largest absolute Gasteiger partial charge is 0.497 e. The lowest BCUT2D eigenvalue weighted by Gasteiger charge is -2.36. The summed E-state index contributed by atoms with van der Waals surface area (Å²) in [5, 5.41) is 3.19. The molecule has 1 aromatic carbocycles. The van der Waals surface area contributed by atoms with E-state index >= 15 is 0 Å². The van der Waals surface area contributed by atoms with Crippen LogP contribution in [0.4, 0.5) is 4.39 Å². The van der Waals surface area contributed by atoms with Crippen molar-refractivity contribution in [1.29, 1.82) is 0 Å². The minimum absolute atomic E-state index is 0.0616. The van der Waals surface area contributed by atoms with E-state index in [-0.39, 0.29) is 29.1 Å². The van der Waals surface area contributed by atoms with Gasteiger partial charge in [0.05, 0.1) is 19.2 Å². The number of nitrogens with zero attached hydrogens (tertiary/aromatic N) is 1. The predicted molar refractivity (Wildman–Crippen MR) is 94.0 cm³/mol. The molecule has 1 aliphatic rings. The number of ether oxygens (including phenoxy) is 1. The van der Waals surface area contributed by atoms with Crippen LogP contribution in [0, 0.1) is 5.82 Å². The number of rotatable bonds is 6. The van der Waals surface area contributed by atoms with Crippen LogP contribution in [0.3, 0.4) is 0 Å². The highest BCUT2D eigenvalue weighted by Crippen LogP contribution is 2.51. The molecule has 3 rings (SSSR count). The summed E-state index contributed by atoms with van der Waals surface area (Å²) in [5.74, 6) is 0.372. The third kappa shape index (κ3) is 3.50. The summed E-state index contributed by atoms with van der Waals surface area (Å²) < 4.78 is 18.4. The Morgan fingerprint density at radius 2 is 1.96 bits per heavy atom. The van der Waals surface area contributed by atoms with Crippen molar-refractivity contribution in [2.45, 2.75) is 44.1 Å². The Morgan fingerprint density at radius 1 is 1.28 bits per heavy atom. The zero-order valence-corrected chi connectivity index (χ0v) is 14.8. The second-order valence-electron chi connectivity index (χ2n) is 7.13. The van der Waals surface area contributed by atoms with Crippen LogP contribution in [0.2, 0.25) is 0 Å². The fraction of sp³-hybridized carbons (Fsp3) is 0.400. The SMILES string of the molecule is COc1ccnc(CC(=O)NC2(C(C)(C)c3ccc(F)cc3)CC2)c1. The summed E-state index contributed by atoms with van der Waals surface area (Å²) in [6.45, 7) is 4.19. The number of carbonyl (C=O) groups is 1. The van der Waals surface area contributed by atoms with Crippen LogP contribution < -0.4 is 10.1 Å². The molecule has 2 aromatic rings. The number of aromatic nitrogens is 1. The third-order valence-electron chi connectivity index (χ3n) is 5.26. The van der Waals surface area contributed by atoms with E-state index in [2.05, 4.69) is 24.1 Å². The van der Waals surface area contributed by atoms with Crippen molar-refractivity contribution in [3.8, 4) is 5.75 Å². The highest BCUT2D eigenvalue weighted by atomic mass is 19.1. The van der Waals surface area contributed by atoms with Crippen LogP contribution in [0.25, 0.3) is 0 Å². The Labute approximate surface area is 147 Å². The molecule has 1 fully saturated rings. The lowest BCUT2D eigenvalue weighted by molar-refractivity contribution is -0.122. The Morgan fingerprint density at radius 3 is 2.56 bits per heavy atom. The lowest BCUT2D eigenvalue weighted by atomic mass is 9.75. The maximum atomic E-state index is 13.2. The van der Waals surface area contributed by atoms with E-state index in [1.807, 2.05) is 0 Å². The first-order valence-electron chi connectivity index (χ1n) is 8.42. The second kappa shape index (κ2) is 6.47. The van der Waals surface area contributed by atoms with E-state index in [0.717, 1.165) is 18.4 Å². The van der Waals surface area contributed by atoms with Gasteiger partial charge in [-0.2, -0.15) is 0 Å². The molecular formula is C20H23FN2O2. The van der Waals surface area contributed by atoms with Crippen LogP contribution in [0.15, 0.2) is 42.6 Å². The van der Waals surface area contributed by atoms with Gasteiger partial charge in [0, 0.05) is 23.2 Å². The summed E-state index contributed by atoms with van der Waals surface area (Å²) >= 11 is 0. The number of methoxy groups -OCH3 is 1. The summed E-state index contributed by atoms with van der Waals surface area (Å²) in [4.78, 5) is 16.8. The molecule has 4 nitrogen and oxygen atoms in total. The van der Waals surface area contributed by atoms with Crippen LogP contribution >= 0.6 is 0 Å². The van der Waals surface area contributed by atoms with Crippen molar-refractivity contribution >= 4 is 5.91 Å². The lowest BCUT2D eigenvalue weighted by Crippen LogP contribution is -2.50. The van der Waals surface area contributed by atoms with Gasteiger partial charge in [0.25, 0.3) is 0 Å². The summed E-state index contributed by atoms with van der Waals surface area (Å²) in [6, 6.07) is 10.0. The average molecular weight is 342 g/mol. The standard InChI is InChI=1S/C20H23FN2O2/c1-19(2,14-4-6-15(21)7-5-14)20(9-10-20)23-18(24)13-16-12-17(25-3)8-11-22-16/h4-8,11-12H,9-10,13H2,1-3H3,(H,23,24). The van der Waals surface area contributed by atoms with Crippen LogP contribution in [-0.4, -0.2) is 23.5 Å². The summed E-state index contributed by atoms with van der Waals surface area (Å²) in [6.07, 6.45) is 3.67. The first-order valence-corrected chi connectivity index (χ1v) is 8.42. The third-order valence-corrected chi connectivity index (χ3v) is 5.26. The molecule has 0 aliphatic heterocycles. The van der Waals surface area contributed by atoms with Gasteiger partial charge in [-0.05, 0) is 36.6 Å². The molecule has 1 aliphatic carbocycles. The monoisotopic (exact) mass is 342 g/mol. The molecule has 132 valence electrons. The van der Waals surface area contributed by atoms with E-state index < -0.39 is 0 Å². The normalized spacial score (nSPS) is 15.5. The fourth-order valence-electron chi connectivity index (χ4n) is 3.33. The molecule has 0 saturated heterocycles. The van der Waals surface area contributed by atoms with E-state index in [4.69, 9.17) is 4.74 Å². The first-order chi connectivity index (χ1) is 11.9. The highest BCUT2D eigenvalue weighted by molar-refractivity contribution is 5.80. The van der Waals surface area contributed by atoms with Crippen molar-refractivity contribution in [2.24, 2.45) is 0 Å². The molecule has 0 bridgehead atoms. The number of hydrogen-bond donors (Lipinski definition) is 1. The van der Waals surface area contributed by atoms with Gasteiger partial charge in [-0.15, -0.1) is 0 Å². The fourth-order valence-corrected chi connectivity index (χ4v) is 3.33. The van der Waals surface area contributed by atoms with Crippen LogP contribution in [0.1, 0.15) is 37.9 Å². The molecule has 5 heteroatoms. The van der Waals surface area contributed by atoms with E-state index in [0.29, 0.717) is 11.4 Å². The Bertz CT molecular complexity index is 768. The van der Waals surface area contributed by atoms with Crippen LogP contribution in [0.5, 0.6) is 5.75 Å². The number of nitrogens with one attached hydrogen (secondary N) is 1. The molecule has 25 heavy (non-hydrogen) atoms. The molecule has 0 unspecified atom stereocenters. The molecular weight excluding hydrogens is 319 g/mol. The molecule has 0 radical (unpaired) electrons. The number of halogens is 1. The van der Waals surface area contributed by atoms with Gasteiger partial charge >= 0.3 is 0 Å². The van der Waals surface area contributed by atoms with Crippen molar-refractivity contribution in [1.82, 2.24) is 10.3 Å². The first kappa shape index (κ1) is 17.4. The van der Waals surface area contributed by atoms with Gasteiger partial charge in [0.15, 0.2) is 0 Å². The predicted octanol–water partition coefficient (Wildman–Crippen LogP) is 3.40. The number of amides is 1. The highest BCUT2D eigenvalue weighted by Gasteiger charge is 2.55. The van der Waals surface area contributed by atoms with Crippen LogP contribution in [-0.2, 0) is 16.6 Å². The average Bonchev–Trinajstić information content (AvgIpc) is 3.36. The smallest absolute Gasteiger partial charge is 0.226 e. The Balaban J connectivity index is 1.72. The molecule has 1 heterocycles. The Hall–Kier alpha value is -2.43. The molecule has 1 N–H and O–H groups in total. The topological polar surface area (TPSA) is 51.2 Å². The molecule has 1 aromatic heterocycles. The zero-order chi connectivity index (χ0) is 18.1. The van der Waals surface area contributed by atoms with Crippen molar-refractivity contribution in [3.63, 3.8) is 0 Å². The quantitative estimate of drug-likeness (QED) is 0.875. The summed E-state index contributed by atoms with van der Waals surface area (Å²) in [5.41, 5.74) is 1.12. The second-order valence-corrected chi connectivity index (χ2v) is 7.13. The van der Waals surface area contributed by atoms with Gasteiger partial charge in [0.2, 0.25) is 5.91 Å². The van der Waals surface area contributed by atoms with E-state index in [1.54, 1.807) is 37.6 Å². The summed E-state index contributed by atoms with van der Waals surface area (Å²) in [7, 11) is 1.59. The molecule has 1 saturated carbocycles. The maximum absolute atomic E-state index is 13.2. The maximum Gasteiger partial charge on any atom is 0.226 e. The minimum Gasteiger partial charge on any atom is -0.497 e. The van der Waals surface area contributed by atoms with E-state index in [9.17, 15) is 9.18 Å². The number of pyridine rings is 1. The molecule has 1 amide bonds. The van der Waals surface area contributed by atoms with Gasteiger partial charge in [-0.1, -0.05) is 26.0 Å². The van der Waals surface area contributed by atoms with Gasteiger partial charge < -0.3 is 10.1 Å². The van der Waals surface area contributed by atoms with Crippen molar-refractivity contribution < 1.29 is 13.9 Å². The number of benzene rings is 1. The minimum atomic E-state index is -0.291. The number of carbonyl (C=O) groups excluding carboxylic acids is 1. The van der Waals surface area contributed by atoms with Crippen molar-refractivity contribution in [3.05, 3.63) is 59.7 Å². The Kier molecular flexibility index (Phi) is 4.50. The number of hydrogen-bond acceptors (Lipinski definition) is 3. The zero-order valence-electron chi connectivity index (χ0n) is 14.8. The molecule has 0 spiro atoms. The van der Waals surface area contributed by atoms with E-state index in [1.165, 1.54) is 12.1 Å².